The standard InChI is InChI=1S/C20H21ClN2O3/c1-13-4-5-14(2)15(10-13)12-22-8-9-23(20(25)19(22)24)16-6-7-18(26-3)17(21)11-16/h4-7,10-11H,8-9,12H2,1-3H3. The van der Waals surface area contributed by atoms with E-state index in [2.05, 4.69) is 6.07 Å². The first-order valence-electron chi connectivity index (χ1n) is 8.41. The second-order valence-corrected chi connectivity index (χ2v) is 6.84. The van der Waals surface area contributed by atoms with Crippen LogP contribution in [-0.4, -0.2) is 36.9 Å². The van der Waals surface area contributed by atoms with Crippen molar-refractivity contribution in [1.29, 1.82) is 0 Å². The molecule has 0 aliphatic carbocycles. The van der Waals surface area contributed by atoms with Crippen LogP contribution in [-0.2, 0) is 16.1 Å². The predicted octanol–water partition coefficient (Wildman–Crippen LogP) is 3.34. The van der Waals surface area contributed by atoms with E-state index in [1.54, 1.807) is 23.1 Å². The van der Waals surface area contributed by atoms with E-state index in [0.29, 0.717) is 36.1 Å². The molecule has 3 rings (SSSR count). The molecule has 0 atom stereocenters. The van der Waals surface area contributed by atoms with E-state index in [1.807, 2.05) is 26.0 Å². The van der Waals surface area contributed by atoms with E-state index in [0.717, 1.165) is 16.7 Å². The number of carbonyl (C=O) groups excluding carboxylic acids is 2. The number of benzene rings is 2. The molecule has 0 spiro atoms. The molecule has 0 bridgehead atoms. The van der Waals surface area contributed by atoms with E-state index in [-0.39, 0.29) is 0 Å². The lowest BCUT2D eigenvalue weighted by atomic mass is 10.0. The van der Waals surface area contributed by atoms with Crippen LogP contribution in [0.3, 0.4) is 0 Å². The highest BCUT2D eigenvalue weighted by atomic mass is 35.5. The molecular weight excluding hydrogens is 352 g/mol. The topological polar surface area (TPSA) is 49.9 Å². The van der Waals surface area contributed by atoms with E-state index in [1.165, 1.54) is 12.0 Å². The van der Waals surface area contributed by atoms with Crippen LogP contribution in [0.2, 0.25) is 5.02 Å². The number of nitrogens with zero attached hydrogens (tertiary/aromatic N) is 2. The van der Waals surface area contributed by atoms with Crippen molar-refractivity contribution in [2.45, 2.75) is 20.4 Å². The van der Waals surface area contributed by atoms with Crippen LogP contribution in [0.1, 0.15) is 16.7 Å². The molecule has 1 saturated heterocycles. The lowest BCUT2D eigenvalue weighted by Crippen LogP contribution is -2.54. The van der Waals surface area contributed by atoms with Gasteiger partial charge >= 0.3 is 11.8 Å². The van der Waals surface area contributed by atoms with Gasteiger partial charge in [0.25, 0.3) is 0 Å². The minimum absolute atomic E-state index is 0.406. The fourth-order valence-electron chi connectivity index (χ4n) is 3.07. The Morgan fingerprint density at radius 2 is 1.81 bits per heavy atom. The van der Waals surface area contributed by atoms with Crippen molar-refractivity contribution >= 4 is 29.1 Å². The molecular formula is C20H21ClN2O3. The van der Waals surface area contributed by atoms with Crippen molar-refractivity contribution in [3.63, 3.8) is 0 Å². The van der Waals surface area contributed by atoms with Crippen molar-refractivity contribution in [3.8, 4) is 5.75 Å². The maximum absolute atomic E-state index is 12.6. The number of halogens is 1. The summed E-state index contributed by atoms with van der Waals surface area (Å²) in [5.41, 5.74) is 3.91. The van der Waals surface area contributed by atoms with Gasteiger partial charge in [0, 0.05) is 25.3 Å². The van der Waals surface area contributed by atoms with Gasteiger partial charge in [0.15, 0.2) is 0 Å². The Bertz CT molecular complexity index is 866. The van der Waals surface area contributed by atoms with Gasteiger partial charge in [-0.15, -0.1) is 0 Å². The fourth-order valence-corrected chi connectivity index (χ4v) is 3.32. The van der Waals surface area contributed by atoms with Crippen LogP contribution in [0.15, 0.2) is 36.4 Å². The minimum atomic E-state index is -0.539. The molecule has 0 N–H and O–H groups in total. The van der Waals surface area contributed by atoms with Crippen LogP contribution in [0.25, 0.3) is 0 Å². The van der Waals surface area contributed by atoms with Crippen molar-refractivity contribution < 1.29 is 14.3 Å². The lowest BCUT2D eigenvalue weighted by molar-refractivity contribution is -0.146. The summed E-state index contributed by atoms with van der Waals surface area (Å²) < 4.78 is 5.13. The van der Waals surface area contributed by atoms with Crippen LogP contribution in [0, 0.1) is 13.8 Å². The number of piperazine rings is 1. The number of aryl methyl sites for hydroxylation is 2. The molecule has 5 nitrogen and oxygen atoms in total. The number of hydrogen-bond acceptors (Lipinski definition) is 3. The number of anilines is 1. The molecule has 0 unspecified atom stereocenters. The van der Waals surface area contributed by atoms with Crippen LogP contribution in [0.5, 0.6) is 5.75 Å². The van der Waals surface area contributed by atoms with Crippen LogP contribution >= 0.6 is 11.6 Å². The Balaban J connectivity index is 1.77. The third kappa shape index (κ3) is 3.53. The molecule has 0 saturated carbocycles. The monoisotopic (exact) mass is 372 g/mol. The van der Waals surface area contributed by atoms with E-state index < -0.39 is 11.8 Å². The second kappa shape index (κ2) is 7.38. The van der Waals surface area contributed by atoms with Gasteiger partial charge in [0.2, 0.25) is 0 Å². The number of amides is 2. The van der Waals surface area contributed by atoms with Crippen molar-refractivity contribution in [1.82, 2.24) is 4.90 Å². The SMILES string of the molecule is COc1ccc(N2CCN(Cc3cc(C)ccc3C)C(=O)C2=O)cc1Cl. The highest BCUT2D eigenvalue weighted by Crippen LogP contribution is 2.30. The summed E-state index contributed by atoms with van der Waals surface area (Å²) in [5.74, 6) is -0.505. The average Bonchev–Trinajstić information content (AvgIpc) is 2.62. The molecule has 0 radical (unpaired) electrons. The number of ether oxygens (including phenoxy) is 1. The summed E-state index contributed by atoms with van der Waals surface area (Å²) in [6, 6.07) is 11.2. The Morgan fingerprint density at radius 3 is 2.50 bits per heavy atom. The predicted molar refractivity (Wildman–Crippen MR) is 102 cm³/mol. The molecule has 2 aromatic rings. The van der Waals surface area contributed by atoms with E-state index in [4.69, 9.17) is 16.3 Å². The Morgan fingerprint density at radius 1 is 1.04 bits per heavy atom. The minimum Gasteiger partial charge on any atom is -0.495 e. The summed E-state index contributed by atoms with van der Waals surface area (Å²) in [7, 11) is 1.53. The maximum atomic E-state index is 12.6. The summed E-state index contributed by atoms with van der Waals surface area (Å²) in [6.45, 7) is 5.37. The van der Waals surface area contributed by atoms with Gasteiger partial charge in [-0.2, -0.15) is 0 Å². The summed E-state index contributed by atoms with van der Waals surface area (Å²) in [5, 5.41) is 0.406. The summed E-state index contributed by atoms with van der Waals surface area (Å²) >= 11 is 6.14. The zero-order chi connectivity index (χ0) is 18.8. The third-order valence-corrected chi connectivity index (χ3v) is 4.92. The highest BCUT2D eigenvalue weighted by molar-refractivity contribution is 6.41. The van der Waals surface area contributed by atoms with Crippen molar-refractivity contribution in [3.05, 3.63) is 58.1 Å². The molecule has 1 heterocycles. The molecule has 1 aliphatic rings. The van der Waals surface area contributed by atoms with Gasteiger partial charge in [-0.25, -0.2) is 0 Å². The van der Waals surface area contributed by atoms with Crippen LogP contribution in [0.4, 0.5) is 5.69 Å². The summed E-state index contributed by atoms with van der Waals surface area (Å²) in [4.78, 5) is 28.3. The maximum Gasteiger partial charge on any atom is 0.316 e. The highest BCUT2D eigenvalue weighted by Gasteiger charge is 2.33. The smallest absolute Gasteiger partial charge is 0.316 e. The molecule has 1 fully saturated rings. The zero-order valence-electron chi connectivity index (χ0n) is 15.1. The zero-order valence-corrected chi connectivity index (χ0v) is 15.8. The molecule has 2 amide bonds. The number of hydrogen-bond donors (Lipinski definition) is 0. The van der Waals surface area contributed by atoms with Gasteiger partial charge < -0.3 is 14.5 Å². The fraction of sp³-hybridized carbons (Fsp3) is 0.300. The van der Waals surface area contributed by atoms with Gasteiger partial charge in [0.05, 0.1) is 12.1 Å². The normalized spacial score (nSPS) is 14.8. The Hall–Kier alpha value is -2.53. The van der Waals surface area contributed by atoms with E-state index in [9.17, 15) is 9.59 Å². The second-order valence-electron chi connectivity index (χ2n) is 6.43. The Labute approximate surface area is 158 Å². The molecule has 0 aromatic heterocycles. The molecule has 2 aromatic carbocycles. The Kier molecular flexibility index (Phi) is 5.18. The van der Waals surface area contributed by atoms with Gasteiger partial charge in [-0.1, -0.05) is 35.4 Å². The first-order chi connectivity index (χ1) is 12.4. The molecule has 1 aliphatic heterocycles. The molecule has 26 heavy (non-hydrogen) atoms. The first kappa shape index (κ1) is 18.3. The quantitative estimate of drug-likeness (QED) is 0.773. The average molecular weight is 373 g/mol. The first-order valence-corrected chi connectivity index (χ1v) is 8.79. The van der Waals surface area contributed by atoms with Gasteiger partial charge in [-0.05, 0) is 43.2 Å². The number of carbonyl (C=O) groups is 2. The third-order valence-electron chi connectivity index (χ3n) is 4.62. The van der Waals surface area contributed by atoms with Crippen LogP contribution < -0.4 is 9.64 Å². The van der Waals surface area contributed by atoms with E-state index >= 15 is 0 Å². The molecule has 6 heteroatoms. The largest absolute Gasteiger partial charge is 0.495 e. The summed E-state index contributed by atoms with van der Waals surface area (Å²) in [6.07, 6.45) is 0. The number of methoxy groups -OCH3 is 1. The van der Waals surface area contributed by atoms with Gasteiger partial charge in [-0.3, -0.25) is 9.59 Å². The van der Waals surface area contributed by atoms with Crippen molar-refractivity contribution in [2.24, 2.45) is 0 Å². The molecule has 136 valence electrons. The van der Waals surface area contributed by atoms with Gasteiger partial charge in [0.1, 0.15) is 5.75 Å². The van der Waals surface area contributed by atoms with Crippen molar-refractivity contribution in [2.75, 3.05) is 25.1 Å². The lowest BCUT2D eigenvalue weighted by Gasteiger charge is -2.34. The number of rotatable bonds is 4.